The molecule has 4 heterocycles. The first-order valence-corrected chi connectivity index (χ1v) is 16.0. The quantitative estimate of drug-likeness (QED) is 0.310. The van der Waals surface area contributed by atoms with Gasteiger partial charge in [-0.1, -0.05) is 36.4 Å². The molecule has 2 saturated heterocycles. The van der Waals surface area contributed by atoms with Crippen LogP contribution in [0.2, 0.25) is 0 Å². The third kappa shape index (κ3) is 5.83. The van der Waals surface area contributed by atoms with Gasteiger partial charge < -0.3 is 24.0 Å². The number of anilines is 1. The van der Waals surface area contributed by atoms with E-state index < -0.39 is 17.3 Å². The Balaban J connectivity index is 1.13. The van der Waals surface area contributed by atoms with Crippen molar-refractivity contribution in [1.29, 1.82) is 0 Å². The number of ether oxygens (including phenoxy) is 3. The highest BCUT2D eigenvalue weighted by Gasteiger charge is 2.46. The molecule has 0 radical (unpaired) electrons. The predicted octanol–water partition coefficient (Wildman–Crippen LogP) is 4.60. The van der Waals surface area contributed by atoms with Gasteiger partial charge in [-0.05, 0) is 71.7 Å². The number of nitrogens with zero attached hydrogens (tertiary/aromatic N) is 6. The van der Waals surface area contributed by atoms with Crippen LogP contribution >= 0.6 is 0 Å². The first-order chi connectivity index (χ1) is 22.8. The Morgan fingerprint density at radius 3 is 2.62 bits per heavy atom. The molecular weight excluding hydrogens is 598 g/mol. The first-order valence-electron chi connectivity index (χ1n) is 16.0. The maximum atomic E-state index is 14.2. The summed E-state index contributed by atoms with van der Waals surface area (Å²) in [6, 6.07) is 19.7. The van der Waals surface area contributed by atoms with Crippen LogP contribution in [0.4, 0.5) is 10.5 Å². The molecule has 0 aliphatic carbocycles. The van der Waals surface area contributed by atoms with Gasteiger partial charge >= 0.3 is 6.09 Å². The van der Waals surface area contributed by atoms with Gasteiger partial charge in [-0.3, -0.25) is 10.1 Å². The highest BCUT2D eigenvalue weighted by molar-refractivity contribution is 5.97. The maximum absolute atomic E-state index is 14.2. The molecule has 244 valence electrons. The van der Waals surface area contributed by atoms with E-state index in [9.17, 15) is 9.59 Å². The molecule has 7 rings (SSSR count). The number of aryl methyl sites for hydroxylation is 2. The molecule has 2 fully saturated rings. The summed E-state index contributed by atoms with van der Waals surface area (Å²) in [5.41, 5.74) is 5.07. The van der Waals surface area contributed by atoms with Gasteiger partial charge in [-0.15, -0.1) is 5.10 Å². The van der Waals surface area contributed by atoms with Gasteiger partial charge in [-0.2, -0.15) is 0 Å². The van der Waals surface area contributed by atoms with E-state index in [2.05, 4.69) is 57.8 Å². The molecule has 1 atom stereocenters. The Morgan fingerprint density at radius 1 is 1.02 bits per heavy atom. The number of benzene rings is 3. The van der Waals surface area contributed by atoms with E-state index in [0.717, 1.165) is 36.4 Å². The minimum Gasteiger partial charge on any atom is -0.496 e. The summed E-state index contributed by atoms with van der Waals surface area (Å²) < 4.78 is 19.8. The van der Waals surface area contributed by atoms with Crippen molar-refractivity contribution in [1.82, 2.24) is 30.0 Å². The largest absolute Gasteiger partial charge is 0.496 e. The highest BCUT2D eigenvalue weighted by Crippen LogP contribution is 2.44. The molecule has 47 heavy (non-hydrogen) atoms. The zero-order valence-corrected chi connectivity index (χ0v) is 26.9. The SMILES string of the molecule is COc1ccc(-n2cnnn2)cc1C(=O)N1CCO[C@@](CCN2CCC3(CC2)OC(=O)Nc2ccccc23)(c2ccc(C)c(C)c2)C1. The van der Waals surface area contributed by atoms with Crippen molar-refractivity contribution >= 4 is 17.7 Å². The van der Waals surface area contributed by atoms with Gasteiger partial charge in [-0.25, -0.2) is 9.48 Å². The van der Waals surface area contributed by atoms with Crippen LogP contribution < -0.4 is 10.1 Å². The minimum atomic E-state index is -0.712. The number of aromatic nitrogens is 4. The Morgan fingerprint density at radius 2 is 1.85 bits per heavy atom. The van der Waals surface area contributed by atoms with Gasteiger partial charge in [0.15, 0.2) is 0 Å². The van der Waals surface area contributed by atoms with E-state index in [1.54, 1.807) is 19.2 Å². The number of carbonyl (C=O) groups excluding carboxylic acids is 2. The van der Waals surface area contributed by atoms with Gasteiger partial charge in [0.2, 0.25) is 0 Å². The Hall–Kier alpha value is -4.81. The second kappa shape index (κ2) is 12.4. The summed E-state index contributed by atoms with van der Waals surface area (Å²) in [5.74, 6) is 0.345. The summed E-state index contributed by atoms with van der Waals surface area (Å²) in [6.07, 6.45) is 3.19. The van der Waals surface area contributed by atoms with Crippen LogP contribution in [0.5, 0.6) is 5.75 Å². The van der Waals surface area contributed by atoms with Crippen molar-refractivity contribution < 1.29 is 23.8 Å². The van der Waals surface area contributed by atoms with E-state index in [1.165, 1.54) is 22.1 Å². The summed E-state index contributed by atoms with van der Waals surface area (Å²) in [4.78, 5) is 31.0. The number of para-hydroxylation sites is 1. The maximum Gasteiger partial charge on any atom is 0.412 e. The number of methoxy groups -OCH3 is 1. The van der Waals surface area contributed by atoms with E-state index >= 15 is 0 Å². The number of fused-ring (bicyclic) bond motifs is 2. The van der Waals surface area contributed by atoms with Crippen LogP contribution in [0.3, 0.4) is 0 Å². The second-order valence-electron chi connectivity index (χ2n) is 12.7. The smallest absolute Gasteiger partial charge is 0.412 e. The normalized spacial score (nSPS) is 20.7. The van der Waals surface area contributed by atoms with Crippen LogP contribution in [0.1, 0.15) is 51.9 Å². The average molecular weight is 638 g/mol. The predicted molar refractivity (Wildman–Crippen MR) is 174 cm³/mol. The fourth-order valence-electron chi connectivity index (χ4n) is 7.11. The lowest BCUT2D eigenvalue weighted by Crippen LogP contribution is -2.54. The van der Waals surface area contributed by atoms with E-state index in [0.29, 0.717) is 56.0 Å². The number of morpholine rings is 1. The molecule has 12 heteroatoms. The Kier molecular flexibility index (Phi) is 8.15. The number of carbonyl (C=O) groups is 2. The number of likely N-dealkylation sites (tertiary alicyclic amines) is 1. The molecule has 3 aliphatic heterocycles. The highest BCUT2D eigenvalue weighted by atomic mass is 16.6. The first kappa shape index (κ1) is 30.8. The Labute approximate surface area is 273 Å². The van der Waals surface area contributed by atoms with Crippen molar-refractivity contribution in [3.63, 3.8) is 0 Å². The molecule has 1 spiro atoms. The molecule has 0 saturated carbocycles. The molecule has 12 nitrogen and oxygen atoms in total. The van der Waals surface area contributed by atoms with Crippen molar-refractivity contribution in [2.24, 2.45) is 0 Å². The van der Waals surface area contributed by atoms with Gasteiger partial charge in [0, 0.05) is 44.6 Å². The standard InChI is InChI=1S/C35H39N7O5/c1-24-8-9-26(20-25(24)2)35(14-17-40-15-12-34(13-16-40)29-6-4-5-7-30(29)37-33(44)47-34)22-41(18-19-46-35)32(43)28-21-27(10-11-31(28)45-3)42-23-36-38-39-42/h4-11,20-21,23H,12-19,22H2,1-3H3,(H,37,44)/t35-/m1/s1. The van der Waals surface area contributed by atoms with Gasteiger partial charge in [0.05, 0.1) is 37.2 Å². The van der Waals surface area contributed by atoms with Crippen LogP contribution in [0, 0.1) is 13.8 Å². The molecule has 1 aromatic heterocycles. The van der Waals surface area contributed by atoms with E-state index in [-0.39, 0.29) is 5.91 Å². The number of amides is 2. The van der Waals surface area contributed by atoms with Crippen LogP contribution in [0.25, 0.3) is 5.69 Å². The van der Waals surface area contributed by atoms with Crippen molar-refractivity contribution in [2.45, 2.75) is 44.3 Å². The summed E-state index contributed by atoms with van der Waals surface area (Å²) >= 11 is 0. The summed E-state index contributed by atoms with van der Waals surface area (Å²) in [6.45, 7) is 7.75. The number of rotatable bonds is 7. The molecule has 2 amide bonds. The fourth-order valence-corrected chi connectivity index (χ4v) is 7.11. The molecule has 4 aromatic rings. The topological polar surface area (TPSA) is 124 Å². The minimum absolute atomic E-state index is 0.139. The van der Waals surface area contributed by atoms with Gasteiger partial charge in [0.1, 0.15) is 23.3 Å². The summed E-state index contributed by atoms with van der Waals surface area (Å²) in [5, 5.41) is 14.3. The number of nitrogens with one attached hydrogen (secondary N) is 1. The fraction of sp³-hybridized carbons (Fsp3) is 0.400. The molecule has 0 unspecified atom stereocenters. The van der Waals surface area contributed by atoms with Crippen molar-refractivity contribution in [3.8, 4) is 11.4 Å². The molecule has 3 aliphatic rings. The van der Waals surface area contributed by atoms with Crippen LogP contribution in [0.15, 0.2) is 67.0 Å². The van der Waals surface area contributed by atoms with Crippen molar-refractivity contribution in [2.75, 3.05) is 51.8 Å². The lowest BCUT2D eigenvalue weighted by molar-refractivity contribution is -0.115. The third-order valence-corrected chi connectivity index (χ3v) is 9.97. The number of piperidine rings is 1. The molecular formula is C35H39N7O5. The monoisotopic (exact) mass is 637 g/mol. The summed E-state index contributed by atoms with van der Waals surface area (Å²) in [7, 11) is 1.56. The molecule has 3 aromatic carbocycles. The van der Waals surface area contributed by atoms with Crippen LogP contribution in [-0.2, 0) is 20.7 Å². The number of hydrogen-bond donors (Lipinski definition) is 1. The van der Waals surface area contributed by atoms with Crippen LogP contribution in [-0.4, -0.2) is 88.4 Å². The zero-order valence-electron chi connectivity index (χ0n) is 26.9. The number of hydrogen-bond acceptors (Lipinski definition) is 9. The van der Waals surface area contributed by atoms with Gasteiger partial charge in [0.25, 0.3) is 5.91 Å². The number of tetrazole rings is 1. The van der Waals surface area contributed by atoms with E-state index in [4.69, 9.17) is 14.2 Å². The Bertz CT molecular complexity index is 1790. The second-order valence-corrected chi connectivity index (χ2v) is 12.7. The lowest BCUT2D eigenvalue weighted by Gasteiger charge is -2.46. The average Bonchev–Trinajstić information content (AvgIpc) is 3.64. The lowest BCUT2D eigenvalue weighted by atomic mass is 9.81. The molecule has 1 N–H and O–H groups in total. The zero-order chi connectivity index (χ0) is 32.6. The molecule has 0 bridgehead atoms. The van der Waals surface area contributed by atoms with Crippen molar-refractivity contribution in [3.05, 3.63) is 94.8 Å². The van der Waals surface area contributed by atoms with E-state index in [1.807, 2.05) is 35.2 Å². The third-order valence-electron chi connectivity index (χ3n) is 9.97.